The van der Waals surface area contributed by atoms with Gasteiger partial charge in [-0.05, 0) is 47.7 Å². The number of carbonyl (C=O) groups is 1. The molecule has 0 saturated heterocycles. The van der Waals surface area contributed by atoms with Gasteiger partial charge in [0.1, 0.15) is 0 Å². The maximum absolute atomic E-state index is 12.1. The monoisotopic (exact) mass is 388 g/mol. The molecule has 0 amide bonds. The van der Waals surface area contributed by atoms with Crippen molar-refractivity contribution in [1.29, 1.82) is 0 Å². The first-order valence-electron chi connectivity index (χ1n) is 8.08. The Bertz CT molecular complexity index is 863. The molecular weight excluding hydrogens is 372 g/mol. The van der Waals surface area contributed by atoms with E-state index in [0.29, 0.717) is 16.5 Å². The first-order valence-corrected chi connectivity index (χ1v) is 9.61. The Morgan fingerprint density at radius 1 is 1.12 bits per heavy atom. The van der Waals surface area contributed by atoms with Crippen molar-refractivity contribution in [3.8, 4) is 11.5 Å². The molecule has 0 bridgehead atoms. The van der Waals surface area contributed by atoms with Gasteiger partial charge >= 0.3 is 5.97 Å². The second-order valence-electron chi connectivity index (χ2n) is 5.42. The third-order valence-electron chi connectivity index (χ3n) is 3.55. The molecule has 3 rings (SSSR count). The summed E-state index contributed by atoms with van der Waals surface area (Å²) in [4.78, 5) is 12.1. The van der Waals surface area contributed by atoms with E-state index < -0.39 is 5.97 Å². The van der Waals surface area contributed by atoms with Crippen LogP contribution in [0.15, 0.2) is 52.9 Å². The molecule has 134 valence electrons. The van der Waals surface area contributed by atoms with Gasteiger partial charge in [-0.25, -0.2) is 4.79 Å². The molecule has 0 aliphatic rings. The fourth-order valence-corrected chi connectivity index (χ4v) is 2.95. The summed E-state index contributed by atoms with van der Waals surface area (Å²) in [5, 5.41) is 8.48. The zero-order valence-corrected chi connectivity index (χ0v) is 15.7. The van der Waals surface area contributed by atoms with Gasteiger partial charge in [0.25, 0.3) is 5.89 Å². The molecule has 3 aromatic rings. The summed E-state index contributed by atoms with van der Waals surface area (Å²) in [6.45, 7) is 2.04. The van der Waals surface area contributed by atoms with Gasteiger partial charge in [-0.2, -0.15) is 11.8 Å². The van der Waals surface area contributed by atoms with Crippen molar-refractivity contribution >= 4 is 29.3 Å². The predicted molar refractivity (Wildman–Crippen MR) is 102 cm³/mol. The number of benzene rings is 2. The molecule has 1 aromatic heterocycles. The number of carbonyl (C=O) groups excluding carboxylic acids is 1. The van der Waals surface area contributed by atoms with Gasteiger partial charge in [0.05, 0.1) is 5.56 Å². The molecule has 2 aromatic carbocycles. The molecule has 0 saturated carbocycles. The average Bonchev–Trinajstić information content (AvgIpc) is 3.14. The minimum Gasteiger partial charge on any atom is -0.452 e. The number of thioether (sulfide) groups is 1. The van der Waals surface area contributed by atoms with Crippen LogP contribution in [0.3, 0.4) is 0 Å². The molecule has 7 heteroatoms. The molecular formula is C19H17ClN2O3S. The Morgan fingerprint density at radius 2 is 1.85 bits per heavy atom. The Kier molecular flexibility index (Phi) is 6.30. The Balaban J connectivity index is 1.57. The summed E-state index contributed by atoms with van der Waals surface area (Å²) in [5.41, 5.74) is 2.42. The van der Waals surface area contributed by atoms with E-state index in [1.54, 1.807) is 36.4 Å². The lowest BCUT2D eigenvalue weighted by Crippen LogP contribution is -2.05. The van der Waals surface area contributed by atoms with Crippen molar-refractivity contribution in [2.24, 2.45) is 0 Å². The maximum Gasteiger partial charge on any atom is 0.338 e. The van der Waals surface area contributed by atoms with Crippen LogP contribution in [-0.2, 0) is 17.1 Å². The van der Waals surface area contributed by atoms with Crippen LogP contribution in [0.2, 0.25) is 5.02 Å². The van der Waals surface area contributed by atoms with Crippen molar-refractivity contribution in [3.63, 3.8) is 0 Å². The van der Waals surface area contributed by atoms with Gasteiger partial charge in [0, 0.05) is 16.3 Å². The Hall–Kier alpha value is -2.31. The van der Waals surface area contributed by atoms with Crippen LogP contribution < -0.4 is 0 Å². The van der Waals surface area contributed by atoms with Crippen LogP contribution in [-0.4, -0.2) is 21.9 Å². The van der Waals surface area contributed by atoms with E-state index in [-0.39, 0.29) is 12.5 Å². The predicted octanol–water partition coefficient (Wildman–Crippen LogP) is 5.00. The van der Waals surface area contributed by atoms with Gasteiger partial charge in [0.15, 0.2) is 6.61 Å². The summed E-state index contributed by atoms with van der Waals surface area (Å²) >= 11 is 7.69. The zero-order valence-electron chi connectivity index (χ0n) is 14.1. The lowest BCUT2D eigenvalue weighted by atomic mass is 10.1. The van der Waals surface area contributed by atoms with E-state index in [4.69, 9.17) is 20.8 Å². The second kappa shape index (κ2) is 8.87. The van der Waals surface area contributed by atoms with E-state index in [1.807, 2.05) is 23.9 Å². The normalized spacial score (nSPS) is 10.7. The lowest BCUT2D eigenvalue weighted by molar-refractivity contribution is 0.0438. The van der Waals surface area contributed by atoms with E-state index >= 15 is 0 Å². The number of rotatable bonds is 7. The van der Waals surface area contributed by atoms with Crippen LogP contribution in [0.25, 0.3) is 11.5 Å². The number of ether oxygens (including phenoxy) is 1. The summed E-state index contributed by atoms with van der Waals surface area (Å²) in [6, 6.07) is 14.4. The Labute approximate surface area is 160 Å². The van der Waals surface area contributed by atoms with Crippen LogP contribution in [0.1, 0.15) is 28.7 Å². The number of hydrogen-bond donors (Lipinski definition) is 0. The number of hydrogen-bond acceptors (Lipinski definition) is 6. The molecule has 0 unspecified atom stereocenters. The smallest absolute Gasteiger partial charge is 0.338 e. The largest absolute Gasteiger partial charge is 0.452 e. The zero-order chi connectivity index (χ0) is 18.4. The van der Waals surface area contributed by atoms with Crippen molar-refractivity contribution in [3.05, 3.63) is 70.6 Å². The van der Waals surface area contributed by atoms with Crippen molar-refractivity contribution in [2.45, 2.75) is 19.3 Å². The number of nitrogens with zero attached hydrogens (tertiary/aromatic N) is 2. The lowest BCUT2D eigenvalue weighted by Gasteiger charge is -2.04. The van der Waals surface area contributed by atoms with Crippen LogP contribution in [0, 0.1) is 0 Å². The Morgan fingerprint density at radius 3 is 2.54 bits per heavy atom. The minimum absolute atomic E-state index is 0.0765. The highest BCUT2D eigenvalue weighted by molar-refractivity contribution is 7.98. The topological polar surface area (TPSA) is 65.2 Å². The van der Waals surface area contributed by atoms with E-state index in [1.165, 1.54) is 5.56 Å². The highest BCUT2D eigenvalue weighted by atomic mass is 35.5. The molecule has 0 atom stereocenters. The standard InChI is InChI=1S/C19H17ClN2O3S/c1-2-26-12-13-3-5-15(6-4-13)19(23)24-11-17-21-22-18(25-17)14-7-9-16(20)10-8-14/h3-10H,2,11-12H2,1H3. The molecule has 0 aliphatic heterocycles. The van der Waals surface area contributed by atoms with Crippen LogP contribution in [0.5, 0.6) is 0 Å². The SMILES string of the molecule is CCSCc1ccc(C(=O)OCc2nnc(-c3ccc(Cl)cc3)o2)cc1. The summed E-state index contributed by atoms with van der Waals surface area (Å²) < 4.78 is 10.8. The number of aromatic nitrogens is 2. The van der Waals surface area contributed by atoms with Crippen LogP contribution >= 0.6 is 23.4 Å². The molecule has 0 radical (unpaired) electrons. The molecule has 0 aliphatic carbocycles. The fourth-order valence-electron chi connectivity index (χ4n) is 2.19. The highest BCUT2D eigenvalue weighted by Gasteiger charge is 2.12. The number of halogens is 1. The molecule has 0 spiro atoms. The number of esters is 1. The summed E-state index contributed by atoms with van der Waals surface area (Å²) in [5.74, 6) is 2.16. The molecule has 0 N–H and O–H groups in total. The van der Waals surface area contributed by atoms with Gasteiger partial charge in [-0.15, -0.1) is 10.2 Å². The van der Waals surface area contributed by atoms with Gasteiger partial charge < -0.3 is 9.15 Å². The van der Waals surface area contributed by atoms with E-state index in [2.05, 4.69) is 17.1 Å². The van der Waals surface area contributed by atoms with Crippen LogP contribution in [0.4, 0.5) is 0 Å². The third kappa shape index (κ3) is 4.86. The summed E-state index contributed by atoms with van der Waals surface area (Å²) in [6.07, 6.45) is 0. The molecule has 5 nitrogen and oxygen atoms in total. The highest BCUT2D eigenvalue weighted by Crippen LogP contribution is 2.20. The summed E-state index contributed by atoms with van der Waals surface area (Å²) in [7, 11) is 0. The molecule has 26 heavy (non-hydrogen) atoms. The first-order chi connectivity index (χ1) is 12.7. The third-order valence-corrected chi connectivity index (χ3v) is 4.74. The molecule has 0 fully saturated rings. The minimum atomic E-state index is -0.425. The van der Waals surface area contributed by atoms with E-state index in [0.717, 1.165) is 17.1 Å². The van der Waals surface area contributed by atoms with Gasteiger partial charge in [-0.3, -0.25) is 0 Å². The first kappa shape index (κ1) is 18.5. The average molecular weight is 389 g/mol. The quantitative estimate of drug-likeness (QED) is 0.530. The second-order valence-corrected chi connectivity index (χ2v) is 7.13. The van der Waals surface area contributed by atoms with Gasteiger partial charge in [0.2, 0.25) is 5.89 Å². The van der Waals surface area contributed by atoms with Gasteiger partial charge in [-0.1, -0.05) is 30.7 Å². The van der Waals surface area contributed by atoms with Crippen molar-refractivity contribution in [2.75, 3.05) is 5.75 Å². The van der Waals surface area contributed by atoms with Crippen molar-refractivity contribution in [1.82, 2.24) is 10.2 Å². The van der Waals surface area contributed by atoms with Crippen molar-refractivity contribution < 1.29 is 13.9 Å². The fraction of sp³-hybridized carbons (Fsp3) is 0.211. The molecule has 1 heterocycles. The maximum atomic E-state index is 12.1. The van der Waals surface area contributed by atoms with E-state index in [9.17, 15) is 4.79 Å².